The van der Waals surface area contributed by atoms with Crippen molar-refractivity contribution in [1.29, 1.82) is 0 Å². The number of nitrogens with zero attached hydrogens (tertiary/aromatic N) is 1. The molecule has 0 saturated heterocycles. The zero-order valence-electron chi connectivity index (χ0n) is 13.7. The van der Waals surface area contributed by atoms with Crippen LogP contribution in [-0.4, -0.2) is 31.2 Å². The SMILES string of the molecule is CCOP(=O)(C/C(C)=N/NC(=O)OCc1ccccc1)OCC. The highest BCUT2D eigenvalue weighted by molar-refractivity contribution is 7.54. The topological polar surface area (TPSA) is 86.2 Å². The molecular weight excluding hydrogens is 319 g/mol. The van der Waals surface area contributed by atoms with Crippen molar-refractivity contribution in [3.8, 4) is 0 Å². The Morgan fingerprint density at radius 3 is 2.35 bits per heavy atom. The zero-order chi connectivity index (χ0) is 17.1. The summed E-state index contributed by atoms with van der Waals surface area (Å²) in [7, 11) is -3.22. The summed E-state index contributed by atoms with van der Waals surface area (Å²) < 4.78 is 27.6. The molecule has 0 atom stereocenters. The Morgan fingerprint density at radius 1 is 1.17 bits per heavy atom. The first-order valence-electron chi connectivity index (χ1n) is 7.37. The minimum absolute atomic E-state index is 0.00758. The van der Waals surface area contributed by atoms with E-state index in [0.29, 0.717) is 5.71 Å². The van der Waals surface area contributed by atoms with E-state index in [1.54, 1.807) is 20.8 Å². The van der Waals surface area contributed by atoms with Crippen LogP contribution in [0.25, 0.3) is 0 Å². The molecule has 0 radical (unpaired) electrons. The van der Waals surface area contributed by atoms with Gasteiger partial charge in [0.1, 0.15) is 6.61 Å². The van der Waals surface area contributed by atoms with Gasteiger partial charge < -0.3 is 13.8 Å². The fourth-order valence-electron chi connectivity index (χ4n) is 1.73. The van der Waals surface area contributed by atoms with Gasteiger partial charge in [0.05, 0.1) is 19.4 Å². The summed E-state index contributed by atoms with van der Waals surface area (Å²) in [6, 6.07) is 9.30. The van der Waals surface area contributed by atoms with Crippen molar-refractivity contribution < 1.29 is 23.1 Å². The number of nitrogens with one attached hydrogen (secondary N) is 1. The number of hydrazone groups is 1. The summed E-state index contributed by atoms with van der Waals surface area (Å²) in [5, 5.41) is 3.85. The molecule has 0 saturated carbocycles. The van der Waals surface area contributed by atoms with Gasteiger partial charge in [-0.15, -0.1) is 0 Å². The fourth-order valence-corrected chi connectivity index (χ4v) is 3.41. The van der Waals surface area contributed by atoms with Crippen LogP contribution < -0.4 is 5.43 Å². The van der Waals surface area contributed by atoms with Crippen LogP contribution in [0.4, 0.5) is 4.79 Å². The molecule has 7 nitrogen and oxygen atoms in total. The van der Waals surface area contributed by atoms with Gasteiger partial charge in [0.2, 0.25) is 0 Å². The lowest BCUT2D eigenvalue weighted by atomic mass is 10.2. The lowest BCUT2D eigenvalue weighted by molar-refractivity contribution is 0.140. The zero-order valence-corrected chi connectivity index (χ0v) is 14.5. The van der Waals surface area contributed by atoms with Gasteiger partial charge >= 0.3 is 13.7 Å². The van der Waals surface area contributed by atoms with Crippen molar-refractivity contribution in [2.24, 2.45) is 5.10 Å². The Kier molecular flexibility index (Phi) is 8.55. The maximum atomic E-state index is 12.3. The number of rotatable bonds is 9. The minimum atomic E-state index is -3.22. The molecule has 1 rings (SSSR count). The van der Waals surface area contributed by atoms with Crippen LogP contribution >= 0.6 is 7.60 Å². The molecule has 1 amide bonds. The molecule has 0 aliphatic carbocycles. The van der Waals surface area contributed by atoms with E-state index in [9.17, 15) is 9.36 Å². The molecule has 8 heteroatoms. The van der Waals surface area contributed by atoms with Crippen LogP contribution in [0.1, 0.15) is 26.3 Å². The van der Waals surface area contributed by atoms with Crippen molar-refractivity contribution in [2.45, 2.75) is 27.4 Å². The van der Waals surface area contributed by atoms with Gasteiger partial charge in [0.25, 0.3) is 0 Å². The van der Waals surface area contributed by atoms with Crippen LogP contribution in [0.2, 0.25) is 0 Å². The van der Waals surface area contributed by atoms with Crippen molar-refractivity contribution >= 4 is 19.4 Å². The van der Waals surface area contributed by atoms with E-state index < -0.39 is 13.7 Å². The van der Waals surface area contributed by atoms with Gasteiger partial charge in [-0.05, 0) is 26.3 Å². The molecule has 0 heterocycles. The standard InChI is InChI=1S/C15H23N2O5P/c1-4-21-23(19,22-5-2)12-13(3)16-17-15(18)20-11-14-9-7-6-8-10-14/h6-10H,4-5,11-12H2,1-3H3,(H,17,18)/b16-13+. The molecule has 0 spiro atoms. The highest BCUT2D eigenvalue weighted by Crippen LogP contribution is 2.47. The average Bonchev–Trinajstić information content (AvgIpc) is 2.52. The van der Waals surface area contributed by atoms with Gasteiger partial charge in [-0.25, -0.2) is 10.2 Å². The quantitative estimate of drug-likeness (QED) is 0.421. The van der Waals surface area contributed by atoms with Crippen LogP contribution in [0.5, 0.6) is 0 Å². The molecule has 0 aliphatic rings. The van der Waals surface area contributed by atoms with E-state index in [2.05, 4.69) is 10.5 Å². The van der Waals surface area contributed by atoms with E-state index >= 15 is 0 Å². The second kappa shape index (κ2) is 10.2. The maximum Gasteiger partial charge on any atom is 0.428 e. The predicted octanol–water partition coefficient (Wildman–Crippen LogP) is 3.55. The summed E-state index contributed by atoms with van der Waals surface area (Å²) in [6.45, 7) is 5.79. The molecule has 128 valence electrons. The summed E-state index contributed by atoms with van der Waals surface area (Å²) in [4.78, 5) is 11.6. The number of ether oxygens (including phenoxy) is 1. The number of benzene rings is 1. The van der Waals surface area contributed by atoms with Gasteiger partial charge in [0, 0.05) is 5.71 Å². The van der Waals surface area contributed by atoms with Gasteiger partial charge in [-0.1, -0.05) is 30.3 Å². The minimum Gasteiger partial charge on any atom is -0.443 e. The van der Waals surface area contributed by atoms with Crippen LogP contribution in [0.15, 0.2) is 35.4 Å². The van der Waals surface area contributed by atoms with Crippen molar-refractivity contribution in [3.05, 3.63) is 35.9 Å². The number of hydrogen-bond donors (Lipinski definition) is 1. The molecule has 23 heavy (non-hydrogen) atoms. The first-order valence-corrected chi connectivity index (χ1v) is 9.10. The number of carbonyl (C=O) groups is 1. The molecule has 0 aliphatic heterocycles. The van der Waals surface area contributed by atoms with E-state index in [-0.39, 0.29) is 26.0 Å². The van der Waals surface area contributed by atoms with E-state index in [1.165, 1.54) is 0 Å². The molecule has 1 N–H and O–H groups in total. The lowest BCUT2D eigenvalue weighted by Gasteiger charge is -2.16. The Balaban J connectivity index is 2.45. The monoisotopic (exact) mass is 342 g/mol. The molecule has 0 fully saturated rings. The molecule has 0 unspecified atom stereocenters. The predicted molar refractivity (Wildman–Crippen MR) is 88.6 cm³/mol. The lowest BCUT2D eigenvalue weighted by Crippen LogP contribution is -2.21. The largest absolute Gasteiger partial charge is 0.443 e. The highest BCUT2D eigenvalue weighted by atomic mass is 31.2. The molecule has 0 bridgehead atoms. The van der Waals surface area contributed by atoms with Gasteiger partial charge in [-0.3, -0.25) is 4.57 Å². The Morgan fingerprint density at radius 2 is 1.78 bits per heavy atom. The Bertz CT molecular complexity index is 552. The van der Waals surface area contributed by atoms with Crippen LogP contribution in [-0.2, 0) is 25.0 Å². The van der Waals surface area contributed by atoms with E-state index in [0.717, 1.165) is 5.56 Å². The molecule has 0 aromatic heterocycles. The van der Waals surface area contributed by atoms with E-state index in [4.69, 9.17) is 13.8 Å². The smallest absolute Gasteiger partial charge is 0.428 e. The van der Waals surface area contributed by atoms with E-state index in [1.807, 2.05) is 30.3 Å². The molecule has 1 aromatic rings. The Hall–Kier alpha value is -1.69. The first-order chi connectivity index (χ1) is 11.0. The summed E-state index contributed by atoms with van der Waals surface area (Å²) in [6.07, 6.45) is -0.677. The Labute approximate surface area is 136 Å². The second-order valence-corrected chi connectivity index (χ2v) is 6.68. The normalized spacial score (nSPS) is 12.0. The maximum absolute atomic E-state index is 12.3. The highest BCUT2D eigenvalue weighted by Gasteiger charge is 2.24. The van der Waals surface area contributed by atoms with Gasteiger partial charge in [0.15, 0.2) is 0 Å². The van der Waals surface area contributed by atoms with Crippen molar-refractivity contribution in [2.75, 3.05) is 19.4 Å². The number of amides is 1. The number of carbonyl (C=O) groups excluding carboxylic acids is 1. The molecular formula is C15H23N2O5P. The summed E-state index contributed by atoms with van der Waals surface area (Å²) in [5.41, 5.74) is 3.55. The first kappa shape index (κ1) is 19.4. The summed E-state index contributed by atoms with van der Waals surface area (Å²) in [5.74, 6) is 0. The van der Waals surface area contributed by atoms with Crippen LogP contribution in [0.3, 0.4) is 0 Å². The van der Waals surface area contributed by atoms with Gasteiger partial charge in [-0.2, -0.15) is 5.10 Å². The third-order valence-corrected chi connectivity index (χ3v) is 4.77. The fraction of sp³-hybridized carbons (Fsp3) is 0.467. The number of hydrogen-bond acceptors (Lipinski definition) is 6. The third-order valence-electron chi connectivity index (χ3n) is 2.62. The van der Waals surface area contributed by atoms with Crippen molar-refractivity contribution in [3.63, 3.8) is 0 Å². The second-order valence-electron chi connectivity index (χ2n) is 4.63. The summed E-state index contributed by atoms with van der Waals surface area (Å²) >= 11 is 0. The van der Waals surface area contributed by atoms with Crippen LogP contribution in [0, 0.1) is 0 Å². The average molecular weight is 342 g/mol. The van der Waals surface area contributed by atoms with Crippen molar-refractivity contribution in [1.82, 2.24) is 5.43 Å². The third kappa shape index (κ3) is 7.93. The molecule has 1 aromatic carbocycles.